The third-order valence-corrected chi connectivity index (χ3v) is 2.78. The van der Waals surface area contributed by atoms with Crippen LogP contribution >= 0.6 is 0 Å². The minimum atomic E-state index is -0.158. The molecule has 0 radical (unpaired) electrons. The van der Waals surface area contributed by atoms with Gasteiger partial charge in [0.1, 0.15) is 6.61 Å². The normalized spacial score (nSPS) is 10.0. The molecule has 1 aromatic carbocycles. The lowest BCUT2D eigenvalue weighted by Gasteiger charge is -2.09. The Kier molecular flexibility index (Phi) is 7.41. The zero-order chi connectivity index (χ0) is 14.8. The molecule has 0 heterocycles. The maximum Gasteiger partial charge on any atom is 0.251 e. The lowest BCUT2D eigenvalue weighted by atomic mass is 10.1. The van der Waals surface area contributed by atoms with Gasteiger partial charge in [0, 0.05) is 17.7 Å². The summed E-state index contributed by atoms with van der Waals surface area (Å²) in [6.07, 6.45) is 2.05. The third-order valence-electron chi connectivity index (χ3n) is 2.78. The molecule has 0 aliphatic rings. The molecule has 4 nitrogen and oxygen atoms in total. The topological polar surface area (TPSA) is 52.6 Å². The second kappa shape index (κ2) is 9.13. The molecule has 0 saturated carbocycles. The van der Waals surface area contributed by atoms with E-state index in [-0.39, 0.29) is 12.5 Å². The summed E-state index contributed by atoms with van der Waals surface area (Å²) in [6.45, 7) is 1.57. The summed E-state index contributed by atoms with van der Waals surface area (Å²) in [5.74, 6) is 5.31. The van der Waals surface area contributed by atoms with Gasteiger partial charge in [-0.3, -0.25) is 4.79 Å². The van der Waals surface area contributed by atoms with Crippen LogP contribution < -0.4 is 5.32 Å². The number of benzene rings is 1. The zero-order valence-electron chi connectivity index (χ0n) is 12.1. The summed E-state index contributed by atoms with van der Waals surface area (Å²) in [4.78, 5) is 14.0. The summed E-state index contributed by atoms with van der Waals surface area (Å²) in [5.41, 5.74) is 1.42. The summed E-state index contributed by atoms with van der Waals surface area (Å²) >= 11 is 0. The maximum atomic E-state index is 11.9. The van der Waals surface area contributed by atoms with Crippen LogP contribution in [0.1, 0.15) is 28.8 Å². The van der Waals surface area contributed by atoms with Crippen molar-refractivity contribution < 1.29 is 9.90 Å². The van der Waals surface area contributed by atoms with Crippen LogP contribution in [-0.4, -0.2) is 49.7 Å². The van der Waals surface area contributed by atoms with Gasteiger partial charge >= 0.3 is 0 Å². The highest BCUT2D eigenvalue weighted by Crippen LogP contribution is 2.03. The Balaban J connectivity index is 2.36. The van der Waals surface area contributed by atoms with Gasteiger partial charge in [-0.15, -0.1) is 0 Å². The number of nitrogens with zero attached hydrogens (tertiary/aromatic N) is 1. The summed E-state index contributed by atoms with van der Waals surface area (Å²) in [5, 5.41) is 11.5. The van der Waals surface area contributed by atoms with Crippen LogP contribution in [0.4, 0.5) is 0 Å². The van der Waals surface area contributed by atoms with Gasteiger partial charge in [-0.25, -0.2) is 0 Å². The highest BCUT2D eigenvalue weighted by Gasteiger charge is 2.03. The zero-order valence-corrected chi connectivity index (χ0v) is 12.1. The van der Waals surface area contributed by atoms with E-state index >= 15 is 0 Å². The Labute approximate surface area is 120 Å². The standard InChI is InChI=1S/C16H22N2O2/c1-18(2)12-4-3-11-17-16(20)15-9-7-14(8-10-15)6-5-13-19/h7-10,19H,3-4,11-13H2,1-2H3,(H,17,20). The number of carbonyl (C=O) groups is 1. The molecule has 0 bridgehead atoms. The molecular formula is C16H22N2O2. The highest BCUT2D eigenvalue weighted by molar-refractivity contribution is 5.94. The van der Waals surface area contributed by atoms with E-state index < -0.39 is 0 Å². The summed E-state index contributed by atoms with van der Waals surface area (Å²) < 4.78 is 0. The van der Waals surface area contributed by atoms with Crippen LogP contribution in [0, 0.1) is 11.8 Å². The fraction of sp³-hybridized carbons (Fsp3) is 0.438. The number of carbonyl (C=O) groups excluding carboxylic acids is 1. The van der Waals surface area contributed by atoms with Gasteiger partial charge in [-0.1, -0.05) is 11.8 Å². The molecule has 1 aromatic rings. The predicted molar refractivity (Wildman–Crippen MR) is 80.5 cm³/mol. The Morgan fingerprint density at radius 1 is 1.25 bits per heavy atom. The van der Waals surface area contributed by atoms with Gasteiger partial charge < -0.3 is 15.3 Å². The Hall–Kier alpha value is -1.83. The number of aliphatic hydroxyl groups is 1. The minimum Gasteiger partial charge on any atom is -0.384 e. The molecule has 0 saturated heterocycles. The monoisotopic (exact) mass is 274 g/mol. The van der Waals surface area contributed by atoms with Crippen LogP contribution in [-0.2, 0) is 0 Å². The van der Waals surface area contributed by atoms with Gasteiger partial charge in [-0.05, 0) is 57.7 Å². The molecule has 0 fully saturated rings. The number of rotatable bonds is 6. The lowest BCUT2D eigenvalue weighted by molar-refractivity contribution is 0.0953. The van der Waals surface area contributed by atoms with E-state index in [4.69, 9.17) is 5.11 Å². The average molecular weight is 274 g/mol. The van der Waals surface area contributed by atoms with Crippen molar-refractivity contribution in [2.45, 2.75) is 12.8 Å². The number of aliphatic hydroxyl groups excluding tert-OH is 1. The molecule has 0 aliphatic carbocycles. The Morgan fingerprint density at radius 2 is 1.95 bits per heavy atom. The molecule has 108 valence electrons. The van der Waals surface area contributed by atoms with E-state index in [0.29, 0.717) is 12.1 Å². The van der Waals surface area contributed by atoms with Crippen molar-refractivity contribution >= 4 is 5.91 Å². The van der Waals surface area contributed by atoms with Crippen LogP contribution in [0.25, 0.3) is 0 Å². The van der Waals surface area contributed by atoms with Crippen LogP contribution in [0.3, 0.4) is 0 Å². The fourth-order valence-corrected chi connectivity index (χ4v) is 1.70. The first kappa shape index (κ1) is 16.2. The number of nitrogens with one attached hydrogen (secondary N) is 1. The molecule has 0 aliphatic heterocycles. The maximum absolute atomic E-state index is 11.9. The van der Waals surface area contributed by atoms with Gasteiger partial charge in [0.2, 0.25) is 0 Å². The molecular weight excluding hydrogens is 252 g/mol. The minimum absolute atomic E-state index is 0.0588. The molecule has 0 atom stereocenters. The van der Waals surface area contributed by atoms with Gasteiger partial charge in [0.15, 0.2) is 0 Å². The SMILES string of the molecule is CN(C)CCCCNC(=O)c1ccc(C#CCO)cc1. The van der Waals surface area contributed by atoms with Gasteiger partial charge in [-0.2, -0.15) is 0 Å². The molecule has 4 heteroatoms. The van der Waals surface area contributed by atoms with Crippen molar-refractivity contribution in [1.29, 1.82) is 0 Å². The summed E-state index contributed by atoms with van der Waals surface area (Å²) in [6, 6.07) is 7.06. The predicted octanol–water partition coefficient (Wildman–Crippen LogP) is 1.10. The first-order chi connectivity index (χ1) is 9.63. The third kappa shape index (κ3) is 6.37. The van der Waals surface area contributed by atoms with Crippen molar-refractivity contribution in [3.8, 4) is 11.8 Å². The van der Waals surface area contributed by atoms with E-state index in [1.54, 1.807) is 24.3 Å². The molecule has 1 amide bonds. The molecule has 0 aromatic heterocycles. The van der Waals surface area contributed by atoms with Gasteiger partial charge in [0.05, 0.1) is 0 Å². The quantitative estimate of drug-likeness (QED) is 0.603. The fourth-order valence-electron chi connectivity index (χ4n) is 1.70. The van der Waals surface area contributed by atoms with Crippen molar-refractivity contribution in [2.75, 3.05) is 33.8 Å². The number of hydrogen-bond donors (Lipinski definition) is 2. The average Bonchev–Trinajstić information content (AvgIpc) is 2.44. The largest absolute Gasteiger partial charge is 0.384 e. The van der Waals surface area contributed by atoms with Crippen LogP contribution in [0.2, 0.25) is 0 Å². The lowest BCUT2D eigenvalue weighted by Crippen LogP contribution is -2.25. The second-order valence-corrected chi connectivity index (χ2v) is 4.80. The molecule has 1 rings (SSSR count). The van der Waals surface area contributed by atoms with E-state index in [2.05, 4.69) is 22.1 Å². The number of unbranched alkanes of at least 4 members (excludes halogenated alkanes) is 1. The van der Waals surface area contributed by atoms with E-state index in [1.165, 1.54) is 0 Å². The van der Waals surface area contributed by atoms with E-state index in [9.17, 15) is 4.79 Å². The molecule has 20 heavy (non-hydrogen) atoms. The van der Waals surface area contributed by atoms with Gasteiger partial charge in [0.25, 0.3) is 5.91 Å². The van der Waals surface area contributed by atoms with Crippen molar-refractivity contribution in [3.63, 3.8) is 0 Å². The molecule has 0 unspecified atom stereocenters. The summed E-state index contributed by atoms with van der Waals surface area (Å²) in [7, 11) is 4.08. The van der Waals surface area contributed by atoms with E-state index in [1.807, 2.05) is 14.1 Å². The smallest absolute Gasteiger partial charge is 0.251 e. The highest BCUT2D eigenvalue weighted by atomic mass is 16.2. The first-order valence-corrected chi connectivity index (χ1v) is 6.76. The van der Waals surface area contributed by atoms with Crippen molar-refractivity contribution in [1.82, 2.24) is 10.2 Å². The first-order valence-electron chi connectivity index (χ1n) is 6.76. The van der Waals surface area contributed by atoms with Crippen molar-refractivity contribution in [3.05, 3.63) is 35.4 Å². The number of amides is 1. The van der Waals surface area contributed by atoms with Crippen molar-refractivity contribution in [2.24, 2.45) is 0 Å². The Morgan fingerprint density at radius 3 is 2.55 bits per heavy atom. The number of hydrogen-bond acceptors (Lipinski definition) is 3. The van der Waals surface area contributed by atoms with Crippen LogP contribution in [0.5, 0.6) is 0 Å². The second-order valence-electron chi connectivity index (χ2n) is 4.80. The Bertz CT molecular complexity index is 469. The molecule has 2 N–H and O–H groups in total. The molecule has 0 spiro atoms. The van der Waals surface area contributed by atoms with E-state index in [0.717, 1.165) is 24.9 Å². The van der Waals surface area contributed by atoms with Crippen LogP contribution in [0.15, 0.2) is 24.3 Å².